The van der Waals surface area contributed by atoms with Crippen molar-refractivity contribution in [2.45, 2.75) is 12.3 Å². The minimum Gasteiger partial charge on any atom is -0.465 e. The summed E-state index contributed by atoms with van der Waals surface area (Å²) in [5, 5.41) is 0. The summed E-state index contributed by atoms with van der Waals surface area (Å²) < 4.78 is 5.18. The van der Waals surface area contributed by atoms with Crippen molar-refractivity contribution in [1.29, 1.82) is 0 Å². The van der Waals surface area contributed by atoms with Crippen LogP contribution in [-0.4, -0.2) is 26.2 Å². The molecule has 1 aromatic carbocycles. The number of rotatable bonds is 0. The van der Waals surface area contributed by atoms with Crippen LogP contribution in [0.3, 0.4) is 0 Å². The Morgan fingerprint density at radius 3 is 3.06 bits per heavy atom. The average molecular weight is 217 g/mol. The van der Waals surface area contributed by atoms with Crippen LogP contribution >= 0.6 is 0 Å². The van der Waals surface area contributed by atoms with Crippen molar-refractivity contribution in [3.8, 4) is 0 Å². The van der Waals surface area contributed by atoms with Crippen molar-refractivity contribution in [3.63, 3.8) is 0 Å². The second-order valence-electron chi connectivity index (χ2n) is 4.63. The molecule has 0 aliphatic carbocycles. The standard InChI is InChI=1S/C13H15NO2/c1-14-8-9-6-7-16-13(15)12(9)10-4-2-3-5-11(10)14/h2-5,9,12H,6-8H2,1H3. The zero-order valence-corrected chi connectivity index (χ0v) is 9.35. The molecule has 2 heterocycles. The number of cyclic esters (lactones) is 1. The quantitative estimate of drug-likeness (QED) is 0.620. The molecule has 0 bridgehead atoms. The second kappa shape index (κ2) is 3.51. The number of para-hydroxylation sites is 1. The molecule has 1 saturated heterocycles. The molecule has 16 heavy (non-hydrogen) atoms. The molecule has 2 aliphatic rings. The molecule has 0 radical (unpaired) electrons. The van der Waals surface area contributed by atoms with E-state index in [9.17, 15) is 4.79 Å². The molecular weight excluding hydrogens is 202 g/mol. The van der Waals surface area contributed by atoms with Gasteiger partial charge in [-0.2, -0.15) is 0 Å². The number of carbonyl (C=O) groups is 1. The first kappa shape index (κ1) is 9.70. The van der Waals surface area contributed by atoms with E-state index in [1.807, 2.05) is 12.1 Å². The molecule has 1 aromatic rings. The fourth-order valence-corrected chi connectivity index (χ4v) is 2.89. The SMILES string of the molecule is CN1CC2CCOC(=O)C2c2ccccc21. The molecule has 0 aromatic heterocycles. The highest BCUT2D eigenvalue weighted by molar-refractivity contribution is 5.83. The first-order valence-corrected chi connectivity index (χ1v) is 5.74. The first-order valence-electron chi connectivity index (χ1n) is 5.74. The zero-order valence-electron chi connectivity index (χ0n) is 9.35. The van der Waals surface area contributed by atoms with Crippen LogP contribution < -0.4 is 4.90 Å². The van der Waals surface area contributed by atoms with Gasteiger partial charge in [0, 0.05) is 19.3 Å². The number of hydrogen-bond acceptors (Lipinski definition) is 3. The maximum atomic E-state index is 11.9. The van der Waals surface area contributed by atoms with E-state index in [-0.39, 0.29) is 11.9 Å². The van der Waals surface area contributed by atoms with Gasteiger partial charge in [-0.15, -0.1) is 0 Å². The van der Waals surface area contributed by atoms with Crippen LogP contribution in [0.1, 0.15) is 17.9 Å². The minimum absolute atomic E-state index is 0.0406. The van der Waals surface area contributed by atoms with Crippen LogP contribution in [0.2, 0.25) is 0 Å². The molecular formula is C13H15NO2. The fourth-order valence-electron chi connectivity index (χ4n) is 2.89. The Bertz CT molecular complexity index is 430. The summed E-state index contributed by atoms with van der Waals surface area (Å²) in [6.07, 6.45) is 0.981. The second-order valence-corrected chi connectivity index (χ2v) is 4.63. The third-order valence-electron chi connectivity index (χ3n) is 3.65. The molecule has 1 fully saturated rings. The number of hydrogen-bond donors (Lipinski definition) is 0. The van der Waals surface area contributed by atoms with Gasteiger partial charge in [0.15, 0.2) is 0 Å². The Hall–Kier alpha value is -1.51. The summed E-state index contributed by atoms with van der Waals surface area (Å²) in [5.41, 5.74) is 2.30. The van der Waals surface area contributed by atoms with E-state index in [4.69, 9.17) is 4.74 Å². The number of fused-ring (bicyclic) bond motifs is 3. The van der Waals surface area contributed by atoms with Gasteiger partial charge in [0.2, 0.25) is 0 Å². The van der Waals surface area contributed by atoms with Gasteiger partial charge in [-0.3, -0.25) is 4.79 Å². The predicted molar refractivity (Wildman–Crippen MR) is 61.5 cm³/mol. The number of benzene rings is 1. The van der Waals surface area contributed by atoms with Gasteiger partial charge in [0.25, 0.3) is 0 Å². The maximum absolute atomic E-state index is 11.9. The summed E-state index contributed by atoms with van der Waals surface area (Å²) in [5.74, 6) is 0.332. The first-order chi connectivity index (χ1) is 7.77. The molecule has 0 N–H and O–H groups in total. The van der Waals surface area contributed by atoms with Crippen LogP contribution in [-0.2, 0) is 9.53 Å². The fraction of sp³-hybridized carbons (Fsp3) is 0.462. The Morgan fingerprint density at radius 2 is 2.19 bits per heavy atom. The third kappa shape index (κ3) is 1.31. The normalized spacial score (nSPS) is 28.1. The highest BCUT2D eigenvalue weighted by Crippen LogP contribution is 2.41. The largest absolute Gasteiger partial charge is 0.465 e. The lowest BCUT2D eigenvalue weighted by Gasteiger charge is -2.40. The molecule has 84 valence electrons. The van der Waals surface area contributed by atoms with E-state index in [1.54, 1.807) is 0 Å². The average Bonchev–Trinajstić information content (AvgIpc) is 2.29. The molecule has 3 nitrogen and oxygen atoms in total. The molecule has 0 saturated carbocycles. The van der Waals surface area contributed by atoms with Gasteiger partial charge in [0.1, 0.15) is 0 Å². The van der Waals surface area contributed by atoms with Gasteiger partial charge in [-0.1, -0.05) is 18.2 Å². The Balaban J connectivity index is 2.09. The Labute approximate surface area is 95.0 Å². The Morgan fingerprint density at radius 1 is 1.38 bits per heavy atom. The highest BCUT2D eigenvalue weighted by atomic mass is 16.5. The summed E-state index contributed by atoms with van der Waals surface area (Å²) in [6.45, 7) is 1.53. The van der Waals surface area contributed by atoms with Gasteiger partial charge >= 0.3 is 5.97 Å². The Kier molecular flexibility index (Phi) is 2.13. The van der Waals surface area contributed by atoms with E-state index < -0.39 is 0 Å². The maximum Gasteiger partial charge on any atom is 0.313 e. The molecule has 3 heteroatoms. The van der Waals surface area contributed by atoms with Crippen LogP contribution in [0.4, 0.5) is 5.69 Å². The predicted octanol–water partition coefficient (Wildman–Crippen LogP) is 1.78. The monoisotopic (exact) mass is 217 g/mol. The molecule has 2 atom stereocenters. The number of esters is 1. The lowest BCUT2D eigenvalue weighted by Crippen LogP contribution is -2.42. The van der Waals surface area contributed by atoms with Crippen molar-refractivity contribution in [3.05, 3.63) is 29.8 Å². The van der Waals surface area contributed by atoms with Gasteiger partial charge in [-0.25, -0.2) is 0 Å². The molecule has 0 spiro atoms. The van der Waals surface area contributed by atoms with Crippen molar-refractivity contribution in [2.75, 3.05) is 25.1 Å². The van der Waals surface area contributed by atoms with E-state index in [0.717, 1.165) is 18.5 Å². The summed E-state index contributed by atoms with van der Waals surface area (Å²) in [6, 6.07) is 8.14. The van der Waals surface area contributed by atoms with Crippen molar-refractivity contribution in [1.82, 2.24) is 0 Å². The highest BCUT2D eigenvalue weighted by Gasteiger charge is 2.40. The molecule has 0 amide bonds. The minimum atomic E-state index is -0.0446. The van der Waals surface area contributed by atoms with E-state index in [0.29, 0.717) is 12.5 Å². The van der Waals surface area contributed by atoms with Crippen molar-refractivity contribution in [2.24, 2.45) is 5.92 Å². The van der Waals surface area contributed by atoms with Crippen LogP contribution in [0.5, 0.6) is 0 Å². The topological polar surface area (TPSA) is 29.5 Å². The van der Waals surface area contributed by atoms with Crippen LogP contribution in [0.25, 0.3) is 0 Å². The van der Waals surface area contributed by atoms with Crippen LogP contribution in [0, 0.1) is 5.92 Å². The van der Waals surface area contributed by atoms with Gasteiger partial charge in [0.05, 0.1) is 12.5 Å². The lowest BCUT2D eigenvalue weighted by atomic mass is 9.78. The van der Waals surface area contributed by atoms with Crippen molar-refractivity contribution < 1.29 is 9.53 Å². The smallest absolute Gasteiger partial charge is 0.313 e. The number of nitrogens with zero attached hydrogens (tertiary/aromatic N) is 1. The lowest BCUT2D eigenvalue weighted by molar-refractivity contribution is -0.151. The molecule has 3 rings (SSSR count). The van der Waals surface area contributed by atoms with E-state index in [1.165, 1.54) is 5.69 Å². The van der Waals surface area contributed by atoms with Gasteiger partial charge < -0.3 is 9.64 Å². The third-order valence-corrected chi connectivity index (χ3v) is 3.65. The summed E-state index contributed by atoms with van der Waals surface area (Å²) in [7, 11) is 2.09. The summed E-state index contributed by atoms with van der Waals surface area (Å²) >= 11 is 0. The van der Waals surface area contributed by atoms with Gasteiger partial charge in [-0.05, 0) is 24.0 Å². The molecule has 2 aliphatic heterocycles. The van der Waals surface area contributed by atoms with E-state index in [2.05, 4.69) is 24.1 Å². The summed E-state index contributed by atoms with van der Waals surface area (Å²) in [4.78, 5) is 14.1. The van der Waals surface area contributed by atoms with Crippen molar-refractivity contribution >= 4 is 11.7 Å². The van der Waals surface area contributed by atoms with E-state index >= 15 is 0 Å². The molecule has 2 unspecified atom stereocenters. The number of ether oxygens (including phenoxy) is 1. The zero-order chi connectivity index (χ0) is 11.1. The number of carbonyl (C=O) groups excluding carboxylic acids is 1. The van der Waals surface area contributed by atoms with Crippen LogP contribution in [0.15, 0.2) is 24.3 Å². The number of anilines is 1.